The van der Waals surface area contributed by atoms with E-state index in [2.05, 4.69) is 70.6 Å². The van der Waals surface area contributed by atoms with Gasteiger partial charge in [-0.15, -0.1) is 10.2 Å². The van der Waals surface area contributed by atoms with Crippen LogP contribution in [-0.2, 0) is 11.2 Å². The molecule has 36 heavy (non-hydrogen) atoms. The summed E-state index contributed by atoms with van der Waals surface area (Å²) < 4.78 is 0. The fourth-order valence-electron chi connectivity index (χ4n) is 4.85. The molecule has 4 aromatic rings. The zero-order valence-electron chi connectivity index (χ0n) is 20.8. The highest BCUT2D eigenvalue weighted by molar-refractivity contribution is 5.78. The molecule has 0 unspecified atom stereocenters. The van der Waals surface area contributed by atoms with Crippen LogP contribution >= 0.6 is 0 Å². The van der Waals surface area contributed by atoms with Crippen LogP contribution in [0.1, 0.15) is 36.0 Å². The molecule has 1 amide bonds. The number of aromatic nitrogens is 2. The fraction of sp³-hybridized carbons (Fsp3) is 0.258. The number of nitrogens with zero attached hydrogens (tertiary/aromatic N) is 4. The first kappa shape index (κ1) is 23.7. The molecule has 0 aliphatic carbocycles. The van der Waals surface area contributed by atoms with Gasteiger partial charge in [-0.1, -0.05) is 91.9 Å². The maximum absolute atomic E-state index is 13.3. The van der Waals surface area contributed by atoms with Crippen molar-refractivity contribution in [1.29, 1.82) is 0 Å². The Morgan fingerprint density at radius 3 is 1.89 bits per heavy atom. The second-order valence-electron chi connectivity index (χ2n) is 9.27. The monoisotopic (exact) mass is 476 g/mol. The predicted octanol–water partition coefficient (Wildman–Crippen LogP) is 5.58. The average Bonchev–Trinajstić information content (AvgIpc) is 2.97. The molecule has 2 heterocycles. The molecule has 1 aliphatic heterocycles. The summed E-state index contributed by atoms with van der Waals surface area (Å²) in [5.74, 6) is 1.12. The van der Waals surface area contributed by atoms with Crippen molar-refractivity contribution in [2.75, 3.05) is 31.1 Å². The summed E-state index contributed by atoms with van der Waals surface area (Å²) in [6.45, 7) is 5.05. The van der Waals surface area contributed by atoms with Crippen molar-refractivity contribution in [3.63, 3.8) is 0 Å². The molecular weight excluding hydrogens is 444 g/mol. The van der Waals surface area contributed by atoms with Crippen molar-refractivity contribution in [2.45, 2.75) is 25.7 Å². The van der Waals surface area contributed by atoms with E-state index in [1.807, 2.05) is 53.4 Å². The number of hydrogen-bond donors (Lipinski definition) is 0. The first-order valence-electron chi connectivity index (χ1n) is 12.8. The van der Waals surface area contributed by atoms with E-state index in [1.165, 1.54) is 16.7 Å². The highest BCUT2D eigenvalue weighted by atomic mass is 16.2. The van der Waals surface area contributed by atoms with Crippen LogP contribution in [-0.4, -0.2) is 47.2 Å². The maximum atomic E-state index is 13.3. The number of piperazine rings is 1. The summed E-state index contributed by atoms with van der Waals surface area (Å²) in [5.41, 5.74) is 5.62. The molecule has 1 saturated heterocycles. The molecule has 5 nitrogen and oxygen atoms in total. The second-order valence-corrected chi connectivity index (χ2v) is 9.27. The Balaban J connectivity index is 1.21. The molecule has 5 heteroatoms. The van der Waals surface area contributed by atoms with Gasteiger partial charge in [0, 0.05) is 44.1 Å². The minimum Gasteiger partial charge on any atom is -0.352 e. The number of amides is 1. The smallest absolute Gasteiger partial charge is 0.223 e. The first-order valence-corrected chi connectivity index (χ1v) is 12.8. The van der Waals surface area contributed by atoms with E-state index < -0.39 is 0 Å². The molecule has 1 aliphatic rings. The van der Waals surface area contributed by atoms with Gasteiger partial charge in [0.1, 0.15) is 0 Å². The highest BCUT2D eigenvalue weighted by Gasteiger charge is 2.26. The molecule has 5 rings (SSSR count). The Kier molecular flexibility index (Phi) is 7.36. The van der Waals surface area contributed by atoms with Crippen LogP contribution in [0.2, 0.25) is 0 Å². The van der Waals surface area contributed by atoms with E-state index in [4.69, 9.17) is 0 Å². The van der Waals surface area contributed by atoms with Crippen molar-refractivity contribution < 1.29 is 4.79 Å². The van der Waals surface area contributed by atoms with Gasteiger partial charge in [0.05, 0.1) is 5.69 Å². The van der Waals surface area contributed by atoms with Gasteiger partial charge >= 0.3 is 0 Å². The molecule has 0 saturated carbocycles. The van der Waals surface area contributed by atoms with Crippen LogP contribution in [0.25, 0.3) is 11.3 Å². The van der Waals surface area contributed by atoms with E-state index in [-0.39, 0.29) is 11.8 Å². The largest absolute Gasteiger partial charge is 0.352 e. The van der Waals surface area contributed by atoms with Crippen molar-refractivity contribution in [3.05, 3.63) is 114 Å². The van der Waals surface area contributed by atoms with Crippen molar-refractivity contribution >= 4 is 11.7 Å². The first-order chi connectivity index (χ1) is 17.7. The van der Waals surface area contributed by atoms with Crippen LogP contribution in [0.3, 0.4) is 0 Å². The predicted molar refractivity (Wildman–Crippen MR) is 145 cm³/mol. The van der Waals surface area contributed by atoms with Crippen LogP contribution in [0.15, 0.2) is 97.1 Å². The topological polar surface area (TPSA) is 49.3 Å². The third-order valence-corrected chi connectivity index (χ3v) is 7.05. The lowest BCUT2D eigenvalue weighted by molar-refractivity contribution is -0.131. The number of anilines is 1. The second kappa shape index (κ2) is 11.2. The number of hydrogen-bond acceptors (Lipinski definition) is 4. The lowest BCUT2D eigenvalue weighted by Gasteiger charge is -2.36. The third kappa shape index (κ3) is 5.46. The Hall–Kier alpha value is -3.99. The Labute approximate surface area is 213 Å². The van der Waals surface area contributed by atoms with E-state index >= 15 is 0 Å². The van der Waals surface area contributed by atoms with Crippen molar-refractivity contribution in [1.82, 2.24) is 15.1 Å². The fourth-order valence-corrected chi connectivity index (χ4v) is 4.85. The summed E-state index contributed by atoms with van der Waals surface area (Å²) >= 11 is 0. The van der Waals surface area contributed by atoms with Crippen LogP contribution in [0.5, 0.6) is 0 Å². The molecule has 182 valence electrons. The molecule has 1 fully saturated rings. The van der Waals surface area contributed by atoms with Gasteiger partial charge in [0.25, 0.3) is 0 Å². The molecule has 0 N–H and O–H groups in total. The molecule has 0 radical (unpaired) electrons. The number of carbonyl (C=O) groups excluding carboxylic acids is 1. The Morgan fingerprint density at radius 1 is 0.750 bits per heavy atom. The SMILES string of the molecule is CCc1ccc(-c2ccc(N3CCN(C(=O)CC(c4ccccc4)c4ccccc4)CC3)nn2)cc1. The van der Waals surface area contributed by atoms with Gasteiger partial charge in [-0.3, -0.25) is 4.79 Å². The standard InChI is InChI=1S/C31H32N4O/c1-2-24-13-15-27(16-14-24)29-17-18-30(33-32-29)34-19-21-35(22-20-34)31(36)23-28(25-9-5-3-6-10-25)26-11-7-4-8-12-26/h3-18,28H,2,19-23H2,1H3. The van der Waals surface area contributed by atoms with Crippen LogP contribution < -0.4 is 4.90 Å². The quantitative estimate of drug-likeness (QED) is 0.350. The Morgan fingerprint density at radius 2 is 1.36 bits per heavy atom. The average molecular weight is 477 g/mol. The number of rotatable bonds is 7. The number of aryl methyl sites for hydroxylation is 1. The van der Waals surface area contributed by atoms with E-state index in [0.717, 1.165) is 36.6 Å². The van der Waals surface area contributed by atoms with Crippen LogP contribution in [0, 0.1) is 0 Å². The number of benzene rings is 3. The van der Waals surface area contributed by atoms with Gasteiger partial charge in [-0.25, -0.2) is 0 Å². The minimum absolute atomic E-state index is 0.0581. The zero-order valence-corrected chi connectivity index (χ0v) is 20.8. The van der Waals surface area contributed by atoms with Gasteiger partial charge in [-0.05, 0) is 35.2 Å². The maximum Gasteiger partial charge on any atom is 0.223 e. The van der Waals surface area contributed by atoms with E-state index in [9.17, 15) is 4.79 Å². The van der Waals surface area contributed by atoms with Gasteiger partial charge in [0.15, 0.2) is 5.82 Å². The lowest BCUT2D eigenvalue weighted by Crippen LogP contribution is -2.49. The lowest BCUT2D eigenvalue weighted by atomic mass is 9.88. The summed E-state index contributed by atoms with van der Waals surface area (Å²) in [4.78, 5) is 17.5. The molecule has 0 atom stereocenters. The summed E-state index contributed by atoms with van der Waals surface area (Å²) in [6.07, 6.45) is 1.50. The molecule has 0 bridgehead atoms. The highest BCUT2D eigenvalue weighted by Crippen LogP contribution is 2.29. The summed E-state index contributed by atoms with van der Waals surface area (Å²) in [6, 6.07) is 33.2. The minimum atomic E-state index is 0.0581. The van der Waals surface area contributed by atoms with Gasteiger partial charge in [0.2, 0.25) is 5.91 Å². The van der Waals surface area contributed by atoms with Crippen molar-refractivity contribution in [3.8, 4) is 11.3 Å². The molecule has 0 spiro atoms. The van der Waals surface area contributed by atoms with Gasteiger partial charge < -0.3 is 9.80 Å². The Bertz CT molecular complexity index is 1210. The van der Waals surface area contributed by atoms with E-state index in [1.54, 1.807) is 0 Å². The van der Waals surface area contributed by atoms with Gasteiger partial charge in [-0.2, -0.15) is 0 Å². The van der Waals surface area contributed by atoms with E-state index in [0.29, 0.717) is 19.5 Å². The van der Waals surface area contributed by atoms with Crippen LogP contribution in [0.4, 0.5) is 5.82 Å². The normalized spacial score (nSPS) is 13.7. The zero-order chi connectivity index (χ0) is 24.7. The third-order valence-electron chi connectivity index (χ3n) is 7.05. The molecule has 1 aromatic heterocycles. The number of carbonyl (C=O) groups is 1. The van der Waals surface area contributed by atoms with Crippen molar-refractivity contribution in [2.24, 2.45) is 0 Å². The summed E-state index contributed by atoms with van der Waals surface area (Å²) in [5, 5.41) is 8.96. The molecule has 3 aromatic carbocycles. The summed E-state index contributed by atoms with van der Waals surface area (Å²) in [7, 11) is 0. The molecular formula is C31H32N4O.